The molecule has 0 aliphatic rings. The molecule has 0 radical (unpaired) electrons. The molecule has 108 valence electrons. The van der Waals surface area contributed by atoms with E-state index in [9.17, 15) is 4.79 Å². The molecule has 0 aromatic heterocycles. The summed E-state index contributed by atoms with van der Waals surface area (Å²) in [7, 11) is 0. The average molecular weight is 355 g/mol. The maximum atomic E-state index is 11.9. The van der Waals surface area contributed by atoms with Crippen LogP contribution in [0.3, 0.4) is 0 Å². The third kappa shape index (κ3) is 6.15. The standard InChI is InChI=1S/C16H20O2SSe/c1-4-18-15(13(3)16(17)19-5-2)11-12-20-14-9-7-6-8-10-14/h6-10,13,15H,4-5H2,1-3H3. The fourth-order valence-electron chi connectivity index (χ4n) is 1.52. The normalized spacial score (nSPS) is 13.2. The van der Waals surface area contributed by atoms with Gasteiger partial charge in [0.05, 0.1) is 0 Å². The van der Waals surface area contributed by atoms with Crippen molar-refractivity contribution in [3.8, 4) is 10.7 Å². The maximum absolute atomic E-state index is 11.9. The molecule has 0 bridgehead atoms. The quantitative estimate of drug-likeness (QED) is 0.579. The van der Waals surface area contributed by atoms with Gasteiger partial charge in [0.15, 0.2) is 0 Å². The topological polar surface area (TPSA) is 26.3 Å². The molecule has 0 aliphatic carbocycles. The Bertz CT molecular complexity index is 464. The van der Waals surface area contributed by atoms with Crippen molar-refractivity contribution in [2.75, 3.05) is 12.4 Å². The van der Waals surface area contributed by atoms with Gasteiger partial charge in [0.1, 0.15) is 0 Å². The summed E-state index contributed by atoms with van der Waals surface area (Å²) in [5, 5.41) is 0.160. The van der Waals surface area contributed by atoms with Gasteiger partial charge in [-0.3, -0.25) is 0 Å². The summed E-state index contributed by atoms with van der Waals surface area (Å²) < 4.78 is 6.85. The number of benzene rings is 1. The monoisotopic (exact) mass is 356 g/mol. The second-order valence-electron chi connectivity index (χ2n) is 4.08. The molecular weight excluding hydrogens is 335 g/mol. The minimum atomic E-state index is -0.294. The van der Waals surface area contributed by atoms with E-state index in [-0.39, 0.29) is 32.1 Å². The van der Waals surface area contributed by atoms with Crippen LogP contribution >= 0.6 is 11.8 Å². The number of rotatable bonds is 6. The summed E-state index contributed by atoms with van der Waals surface area (Å²) in [6.45, 7) is 6.39. The molecule has 1 aromatic carbocycles. The summed E-state index contributed by atoms with van der Waals surface area (Å²) in [4.78, 5) is 15.1. The Labute approximate surface area is 132 Å². The number of thioether (sulfide) groups is 1. The van der Waals surface area contributed by atoms with E-state index in [1.165, 1.54) is 16.2 Å². The van der Waals surface area contributed by atoms with Gasteiger partial charge in [0, 0.05) is 0 Å². The Morgan fingerprint density at radius 2 is 2.05 bits per heavy atom. The van der Waals surface area contributed by atoms with Crippen LogP contribution in [0.5, 0.6) is 0 Å². The first kappa shape index (κ1) is 17.3. The zero-order valence-electron chi connectivity index (χ0n) is 12.1. The molecule has 0 heterocycles. The molecule has 0 spiro atoms. The molecule has 0 aliphatic heterocycles. The van der Waals surface area contributed by atoms with Crippen molar-refractivity contribution in [2.24, 2.45) is 5.92 Å². The molecule has 2 nitrogen and oxygen atoms in total. The zero-order chi connectivity index (χ0) is 14.8. The molecular formula is C16H20O2SSe. The molecule has 0 saturated carbocycles. The Hall–Kier alpha value is -0.721. The van der Waals surface area contributed by atoms with Gasteiger partial charge in [-0.2, -0.15) is 0 Å². The van der Waals surface area contributed by atoms with Crippen molar-refractivity contribution >= 4 is 36.3 Å². The molecule has 0 saturated heterocycles. The van der Waals surface area contributed by atoms with Crippen molar-refractivity contribution in [2.45, 2.75) is 26.9 Å². The van der Waals surface area contributed by atoms with Crippen molar-refractivity contribution in [3.05, 3.63) is 30.3 Å². The SMILES string of the molecule is CCOC(C#C[Se]c1ccccc1)C(C)C(=O)SCC. The molecule has 1 rings (SSSR count). The Kier molecular flexibility index (Phi) is 8.73. The first-order valence-corrected chi connectivity index (χ1v) is 9.39. The second kappa shape index (κ2) is 10.1. The predicted molar refractivity (Wildman–Crippen MR) is 87.3 cm³/mol. The van der Waals surface area contributed by atoms with Gasteiger partial charge in [0.25, 0.3) is 0 Å². The summed E-state index contributed by atoms with van der Waals surface area (Å²) in [5.41, 5.74) is 0. The van der Waals surface area contributed by atoms with Gasteiger partial charge in [-0.25, -0.2) is 0 Å². The van der Waals surface area contributed by atoms with Crippen molar-refractivity contribution in [1.82, 2.24) is 0 Å². The third-order valence-electron chi connectivity index (χ3n) is 2.57. The average Bonchev–Trinajstić information content (AvgIpc) is 2.47. The van der Waals surface area contributed by atoms with E-state index in [0.29, 0.717) is 6.61 Å². The minimum absolute atomic E-state index is 0.108. The van der Waals surface area contributed by atoms with Crippen molar-refractivity contribution in [1.29, 1.82) is 0 Å². The van der Waals surface area contributed by atoms with E-state index in [0.717, 1.165) is 5.75 Å². The molecule has 0 fully saturated rings. The summed E-state index contributed by atoms with van der Waals surface area (Å²) in [6.07, 6.45) is -0.294. The van der Waals surface area contributed by atoms with E-state index in [1.807, 2.05) is 39.0 Å². The van der Waals surface area contributed by atoms with Gasteiger partial charge in [-0.15, -0.1) is 0 Å². The van der Waals surface area contributed by atoms with Crippen LogP contribution in [-0.2, 0) is 9.53 Å². The fraction of sp³-hybridized carbons (Fsp3) is 0.438. The molecule has 0 N–H and O–H groups in total. The van der Waals surface area contributed by atoms with Crippen LogP contribution in [-0.4, -0.2) is 38.5 Å². The van der Waals surface area contributed by atoms with Gasteiger partial charge in [-0.05, 0) is 0 Å². The van der Waals surface area contributed by atoms with Gasteiger partial charge >= 0.3 is 132 Å². The van der Waals surface area contributed by atoms with E-state index in [2.05, 4.69) is 22.9 Å². The van der Waals surface area contributed by atoms with Crippen molar-refractivity contribution < 1.29 is 9.53 Å². The van der Waals surface area contributed by atoms with Crippen LogP contribution in [0.2, 0.25) is 0 Å². The second-order valence-corrected chi connectivity index (χ2v) is 7.19. The van der Waals surface area contributed by atoms with Gasteiger partial charge in [-0.1, -0.05) is 0 Å². The number of carbonyl (C=O) groups excluding carboxylic acids is 1. The van der Waals surface area contributed by atoms with E-state index >= 15 is 0 Å². The predicted octanol–water partition coefficient (Wildman–Crippen LogP) is 2.30. The van der Waals surface area contributed by atoms with Gasteiger partial charge in [0.2, 0.25) is 0 Å². The molecule has 0 amide bonds. The molecule has 2 unspecified atom stereocenters. The van der Waals surface area contributed by atoms with E-state index in [4.69, 9.17) is 4.74 Å². The van der Waals surface area contributed by atoms with Crippen LogP contribution in [0.25, 0.3) is 0 Å². The van der Waals surface area contributed by atoms with E-state index < -0.39 is 0 Å². The number of ether oxygens (including phenoxy) is 1. The first-order valence-electron chi connectivity index (χ1n) is 6.69. The molecule has 4 heteroatoms. The van der Waals surface area contributed by atoms with Crippen LogP contribution < -0.4 is 4.46 Å². The summed E-state index contributed by atoms with van der Waals surface area (Å²) in [6, 6.07) is 10.2. The van der Waals surface area contributed by atoms with Gasteiger partial charge < -0.3 is 0 Å². The molecule has 2 atom stereocenters. The van der Waals surface area contributed by atoms with Crippen LogP contribution in [0, 0.1) is 16.7 Å². The Morgan fingerprint density at radius 1 is 1.35 bits per heavy atom. The van der Waals surface area contributed by atoms with Crippen LogP contribution in [0.15, 0.2) is 30.3 Å². The molecule has 1 aromatic rings. The van der Waals surface area contributed by atoms with Crippen LogP contribution in [0.4, 0.5) is 0 Å². The first-order chi connectivity index (χ1) is 9.69. The number of hydrogen-bond acceptors (Lipinski definition) is 3. The summed E-state index contributed by atoms with van der Waals surface area (Å²) in [5.74, 6) is 3.74. The third-order valence-corrected chi connectivity index (χ3v) is 5.04. The van der Waals surface area contributed by atoms with Crippen molar-refractivity contribution in [3.63, 3.8) is 0 Å². The Morgan fingerprint density at radius 3 is 2.65 bits per heavy atom. The number of hydrogen-bond donors (Lipinski definition) is 0. The molecule has 20 heavy (non-hydrogen) atoms. The Balaban J connectivity index is 2.65. The zero-order valence-corrected chi connectivity index (χ0v) is 14.6. The van der Waals surface area contributed by atoms with E-state index in [1.54, 1.807) is 0 Å². The fourth-order valence-corrected chi connectivity index (χ4v) is 3.42. The van der Waals surface area contributed by atoms with Crippen LogP contribution in [0.1, 0.15) is 20.8 Å². The number of carbonyl (C=O) groups is 1. The summed E-state index contributed by atoms with van der Waals surface area (Å²) >= 11 is 1.45.